The number of nitrogens with two attached hydrogens (primary N) is 1. The molecule has 3 nitrogen and oxygen atoms in total. The van der Waals surface area contributed by atoms with E-state index in [0.29, 0.717) is 5.69 Å². The van der Waals surface area contributed by atoms with Crippen LogP contribution in [0.15, 0.2) is 6.07 Å². The molecule has 0 saturated carbocycles. The van der Waals surface area contributed by atoms with Crippen LogP contribution in [0.2, 0.25) is 0 Å². The van der Waals surface area contributed by atoms with E-state index in [1.807, 2.05) is 0 Å². The van der Waals surface area contributed by atoms with E-state index in [4.69, 9.17) is 5.73 Å². The van der Waals surface area contributed by atoms with E-state index in [9.17, 15) is 4.39 Å². The first-order valence-corrected chi connectivity index (χ1v) is 2.62. The van der Waals surface area contributed by atoms with Crippen molar-refractivity contribution in [2.45, 2.75) is 6.54 Å². The lowest BCUT2D eigenvalue weighted by Crippen LogP contribution is -1.98. The lowest BCUT2D eigenvalue weighted by Gasteiger charge is -1.85. The Hall–Kier alpha value is -0.900. The Morgan fingerprint density at radius 1 is 1.89 bits per heavy atom. The Labute approximate surface area is 52.3 Å². The summed E-state index contributed by atoms with van der Waals surface area (Å²) in [7, 11) is 1.54. The Balaban J connectivity index is 2.98. The molecule has 0 aliphatic rings. The number of nitrogens with zero attached hydrogens (tertiary/aromatic N) is 2. The third-order valence-electron chi connectivity index (χ3n) is 1.08. The lowest BCUT2D eigenvalue weighted by atomic mass is 10.4. The summed E-state index contributed by atoms with van der Waals surface area (Å²) in [5.74, 6) is -0.351. The summed E-state index contributed by atoms with van der Waals surface area (Å²) < 4.78 is 13.5. The van der Waals surface area contributed by atoms with E-state index >= 15 is 0 Å². The summed E-state index contributed by atoms with van der Waals surface area (Å²) in [6.07, 6.45) is 0. The van der Waals surface area contributed by atoms with Crippen molar-refractivity contribution in [3.63, 3.8) is 0 Å². The van der Waals surface area contributed by atoms with Crippen molar-refractivity contribution in [3.05, 3.63) is 17.7 Å². The molecule has 0 unspecified atom stereocenters. The summed E-state index contributed by atoms with van der Waals surface area (Å²) in [4.78, 5) is 0. The van der Waals surface area contributed by atoms with Crippen LogP contribution in [0.4, 0.5) is 4.39 Å². The number of aromatic nitrogens is 2. The van der Waals surface area contributed by atoms with Gasteiger partial charge in [-0.05, 0) is 0 Å². The molecule has 0 atom stereocenters. The minimum Gasteiger partial charge on any atom is -0.325 e. The molecule has 50 valence electrons. The molecule has 4 heteroatoms. The zero-order valence-corrected chi connectivity index (χ0v) is 5.13. The quantitative estimate of drug-likeness (QED) is 0.580. The molecule has 0 aromatic carbocycles. The fourth-order valence-electron chi connectivity index (χ4n) is 0.600. The van der Waals surface area contributed by atoms with Crippen molar-refractivity contribution in [2.75, 3.05) is 0 Å². The third kappa shape index (κ3) is 1.08. The van der Waals surface area contributed by atoms with Crippen LogP contribution in [-0.4, -0.2) is 9.78 Å². The summed E-state index contributed by atoms with van der Waals surface area (Å²) in [6.45, 7) is 0.289. The Bertz CT molecular complexity index is 186. The predicted molar refractivity (Wildman–Crippen MR) is 31.1 cm³/mol. The number of hydrogen-bond acceptors (Lipinski definition) is 2. The molecule has 0 aliphatic carbocycles. The van der Waals surface area contributed by atoms with Crippen molar-refractivity contribution < 1.29 is 4.39 Å². The first-order valence-electron chi connectivity index (χ1n) is 2.62. The molecule has 1 aromatic heterocycles. The van der Waals surface area contributed by atoms with Crippen molar-refractivity contribution in [1.82, 2.24) is 9.78 Å². The van der Waals surface area contributed by atoms with Gasteiger partial charge in [0.05, 0.1) is 5.69 Å². The van der Waals surface area contributed by atoms with Gasteiger partial charge in [-0.15, -0.1) is 0 Å². The van der Waals surface area contributed by atoms with E-state index < -0.39 is 0 Å². The highest BCUT2D eigenvalue weighted by Gasteiger charge is 1.99. The molecule has 0 fully saturated rings. The minimum absolute atomic E-state index is 0.289. The van der Waals surface area contributed by atoms with Gasteiger partial charge in [-0.25, -0.2) is 4.68 Å². The lowest BCUT2D eigenvalue weighted by molar-refractivity contribution is 0.503. The summed E-state index contributed by atoms with van der Waals surface area (Å²) in [5.41, 5.74) is 5.77. The van der Waals surface area contributed by atoms with Gasteiger partial charge >= 0.3 is 0 Å². The summed E-state index contributed by atoms with van der Waals surface area (Å²) >= 11 is 0. The highest BCUT2D eigenvalue weighted by molar-refractivity contribution is 4.99. The Morgan fingerprint density at radius 3 is 2.78 bits per heavy atom. The second kappa shape index (κ2) is 2.14. The molecule has 9 heavy (non-hydrogen) atoms. The average Bonchev–Trinajstić information content (AvgIpc) is 2.13. The zero-order valence-electron chi connectivity index (χ0n) is 5.13. The van der Waals surface area contributed by atoms with Crippen molar-refractivity contribution in [1.29, 1.82) is 0 Å². The monoisotopic (exact) mass is 129 g/mol. The molecule has 0 saturated heterocycles. The Morgan fingerprint density at radius 2 is 2.56 bits per heavy atom. The molecule has 1 heterocycles. The van der Waals surface area contributed by atoms with Gasteiger partial charge in [-0.3, -0.25) is 0 Å². The van der Waals surface area contributed by atoms with Crippen LogP contribution < -0.4 is 5.73 Å². The number of halogens is 1. The highest BCUT2D eigenvalue weighted by Crippen LogP contribution is 1.97. The van der Waals surface area contributed by atoms with Gasteiger partial charge in [-0.1, -0.05) is 0 Å². The van der Waals surface area contributed by atoms with Crippen LogP contribution in [-0.2, 0) is 13.6 Å². The van der Waals surface area contributed by atoms with Gasteiger partial charge in [0, 0.05) is 19.7 Å². The summed E-state index contributed by atoms with van der Waals surface area (Å²) in [5, 5.41) is 3.75. The van der Waals surface area contributed by atoms with E-state index in [1.54, 1.807) is 0 Å². The zero-order chi connectivity index (χ0) is 6.85. The average molecular weight is 129 g/mol. The van der Waals surface area contributed by atoms with E-state index in [-0.39, 0.29) is 12.5 Å². The van der Waals surface area contributed by atoms with Crippen LogP contribution in [0.1, 0.15) is 5.69 Å². The predicted octanol–water partition coefficient (Wildman–Crippen LogP) is 0.0179. The smallest absolute Gasteiger partial charge is 0.211 e. The molecule has 0 radical (unpaired) electrons. The second-order valence-electron chi connectivity index (χ2n) is 1.79. The standard InChI is InChI=1S/C5H8FN3/c1-9-5(6)2-4(3-7)8-9/h2H,3,7H2,1H3. The van der Waals surface area contributed by atoms with Crippen LogP contribution in [0.3, 0.4) is 0 Å². The van der Waals surface area contributed by atoms with Crippen molar-refractivity contribution in [3.8, 4) is 0 Å². The van der Waals surface area contributed by atoms with E-state index in [1.165, 1.54) is 13.1 Å². The van der Waals surface area contributed by atoms with E-state index in [0.717, 1.165) is 4.68 Å². The van der Waals surface area contributed by atoms with Gasteiger partial charge in [0.15, 0.2) is 0 Å². The topological polar surface area (TPSA) is 43.8 Å². The largest absolute Gasteiger partial charge is 0.325 e. The molecule has 2 N–H and O–H groups in total. The van der Waals surface area contributed by atoms with Gasteiger partial charge in [0.1, 0.15) is 0 Å². The van der Waals surface area contributed by atoms with Gasteiger partial charge in [0.25, 0.3) is 0 Å². The van der Waals surface area contributed by atoms with Crippen molar-refractivity contribution in [2.24, 2.45) is 12.8 Å². The minimum atomic E-state index is -0.351. The molecule has 0 aliphatic heterocycles. The van der Waals surface area contributed by atoms with E-state index in [2.05, 4.69) is 5.10 Å². The second-order valence-corrected chi connectivity index (χ2v) is 1.79. The maximum atomic E-state index is 12.4. The normalized spacial score (nSPS) is 10.1. The first kappa shape index (κ1) is 6.22. The van der Waals surface area contributed by atoms with Crippen molar-refractivity contribution >= 4 is 0 Å². The number of hydrogen-bond donors (Lipinski definition) is 1. The Kier molecular flexibility index (Phi) is 1.48. The molecule has 1 rings (SSSR count). The molecule has 0 amide bonds. The highest BCUT2D eigenvalue weighted by atomic mass is 19.1. The summed E-state index contributed by atoms with van der Waals surface area (Å²) in [6, 6.07) is 1.32. The molecular formula is C5H8FN3. The van der Waals surface area contributed by atoms with Crippen LogP contribution in [0.25, 0.3) is 0 Å². The maximum Gasteiger partial charge on any atom is 0.211 e. The van der Waals surface area contributed by atoms with Crippen LogP contribution in [0.5, 0.6) is 0 Å². The maximum absolute atomic E-state index is 12.4. The van der Waals surface area contributed by atoms with Gasteiger partial charge < -0.3 is 5.73 Å². The molecule has 0 bridgehead atoms. The molecular weight excluding hydrogens is 121 g/mol. The third-order valence-corrected chi connectivity index (χ3v) is 1.08. The number of rotatable bonds is 1. The van der Waals surface area contributed by atoms with Gasteiger partial charge in [0.2, 0.25) is 5.95 Å². The van der Waals surface area contributed by atoms with Gasteiger partial charge in [-0.2, -0.15) is 9.49 Å². The first-order chi connectivity index (χ1) is 4.24. The fourth-order valence-corrected chi connectivity index (χ4v) is 0.600. The number of aryl methyl sites for hydroxylation is 1. The fraction of sp³-hybridized carbons (Fsp3) is 0.400. The SMILES string of the molecule is Cn1nc(CN)cc1F. The van der Waals surface area contributed by atoms with Crippen LogP contribution in [0, 0.1) is 5.95 Å². The molecule has 1 aromatic rings. The molecule has 0 spiro atoms. The van der Waals surface area contributed by atoms with Crippen LogP contribution >= 0.6 is 0 Å².